The molecule has 1 aliphatic rings. The second-order valence-corrected chi connectivity index (χ2v) is 6.05. The largest absolute Gasteiger partial charge is 0.481 e. The molecular weight excluding hydrogens is 232 g/mol. The lowest BCUT2D eigenvalue weighted by atomic mass is 9.95. The van der Waals surface area contributed by atoms with Crippen LogP contribution in [0.3, 0.4) is 0 Å². The van der Waals surface area contributed by atoms with Gasteiger partial charge < -0.3 is 15.3 Å². The van der Waals surface area contributed by atoms with E-state index in [1.165, 1.54) is 0 Å². The van der Waals surface area contributed by atoms with Gasteiger partial charge in [-0.1, -0.05) is 0 Å². The van der Waals surface area contributed by atoms with Gasteiger partial charge in [0.25, 0.3) is 0 Å². The number of carbonyl (C=O) groups excluding carboxylic acids is 1. The van der Waals surface area contributed by atoms with Crippen molar-refractivity contribution in [3.63, 3.8) is 0 Å². The number of amides is 1. The molecule has 0 saturated carbocycles. The number of piperidine rings is 1. The quantitative estimate of drug-likeness (QED) is 0.790. The number of nitrogens with one attached hydrogen (secondary N) is 1. The van der Waals surface area contributed by atoms with Crippen molar-refractivity contribution in [1.29, 1.82) is 0 Å². The van der Waals surface area contributed by atoms with E-state index in [1.807, 2.05) is 20.8 Å². The Morgan fingerprint density at radius 1 is 1.39 bits per heavy atom. The van der Waals surface area contributed by atoms with Crippen LogP contribution in [-0.4, -0.2) is 47.1 Å². The van der Waals surface area contributed by atoms with Crippen LogP contribution in [-0.2, 0) is 9.59 Å². The number of aliphatic carboxylic acids is 1. The molecule has 5 heteroatoms. The van der Waals surface area contributed by atoms with Crippen LogP contribution in [0.1, 0.15) is 40.0 Å². The molecule has 0 aromatic heterocycles. The Morgan fingerprint density at radius 2 is 2.06 bits per heavy atom. The Balaban J connectivity index is 2.41. The Bertz CT molecular complexity index is 310. The van der Waals surface area contributed by atoms with Gasteiger partial charge in [0, 0.05) is 25.0 Å². The number of carboxylic acids is 1. The zero-order valence-corrected chi connectivity index (χ0v) is 11.5. The summed E-state index contributed by atoms with van der Waals surface area (Å²) in [5, 5.41) is 12.0. The lowest BCUT2D eigenvalue weighted by Crippen LogP contribution is -2.48. The van der Waals surface area contributed by atoms with E-state index in [1.54, 1.807) is 4.90 Å². The highest BCUT2D eigenvalue weighted by Crippen LogP contribution is 2.19. The van der Waals surface area contributed by atoms with E-state index in [4.69, 9.17) is 5.11 Å². The maximum atomic E-state index is 12.0. The van der Waals surface area contributed by atoms with E-state index in [0.29, 0.717) is 13.1 Å². The van der Waals surface area contributed by atoms with E-state index in [-0.39, 0.29) is 23.8 Å². The third kappa shape index (κ3) is 5.49. The second kappa shape index (κ2) is 6.18. The van der Waals surface area contributed by atoms with Gasteiger partial charge in [-0.05, 0) is 39.5 Å². The SMILES string of the molecule is CC(C)(C)NCC(=O)N1CCCC(CC(=O)O)C1. The molecule has 1 amide bonds. The number of hydrogen-bond acceptors (Lipinski definition) is 3. The van der Waals surface area contributed by atoms with Gasteiger partial charge in [-0.2, -0.15) is 0 Å². The summed E-state index contributed by atoms with van der Waals surface area (Å²) >= 11 is 0. The van der Waals surface area contributed by atoms with Gasteiger partial charge in [0.05, 0.1) is 6.54 Å². The number of carbonyl (C=O) groups is 2. The van der Waals surface area contributed by atoms with E-state index in [9.17, 15) is 9.59 Å². The first kappa shape index (κ1) is 15.0. The van der Waals surface area contributed by atoms with Crippen molar-refractivity contribution in [2.75, 3.05) is 19.6 Å². The van der Waals surface area contributed by atoms with Crippen LogP contribution in [0.15, 0.2) is 0 Å². The van der Waals surface area contributed by atoms with Crippen LogP contribution in [0.5, 0.6) is 0 Å². The average Bonchev–Trinajstić information content (AvgIpc) is 2.24. The highest BCUT2D eigenvalue weighted by molar-refractivity contribution is 5.78. The van der Waals surface area contributed by atoms with Crippen molar-refractivity contribution in [1.82, 2.24) is 10.2 Å². The maximum absolute atomic E-state index is 12.0. The van der Waals surface area contributed by atoms with Crippen molar-refractivity contribution in [3.8, 4) is 0 Å². The molecule has 0 bridgehead atoms. The Labute approximate surface area is 109 Å². The molecule has 104 valence electrons. The smallest absolute Gasteiger partial charge is 0.303 e. The van der Waals surface area contributed by atoms with Crippen molar-refractivity contribution in [2.45, 2.75) is 45.6 Å². The third-order valence-corrected chi connectivity index (χ3v) is 3.10. The van der Waals surface area contributed by atoms with E-state index in [2.05, 4.69) is 5.32 Å². The first-order valence-electron chi connectivity index (χ1n) is 6.52. The van der Waals surface area contributed by atoms with Crippen molar-refractivity contribution in [2.24, 2.45) is 5.92 Å². The molecule has 5 nitrogen and oxygen atoms in total. The summed E-state index contributed by atoms with van der Waals surface area (Å²) < 4.78 is 0. The molecular formula is C13H24N2O3. The van der Waals surface area contributed by atoms with Crippen LogP contribution in [0, 0.1) is 5.92 Å². The summed E-state index contributed by atoms with van der Waals surface area (Å²) in [5.41, 5.74) is -0.0775. The summed E-state index contributed by atoms with van der Waals surface area (Å²) in [4.78, 5) is 24.5. The number of nitrogens with zero attached hydrogens (tertiary/aromatic N) is 1. The molecule has 1 heterocycles. The molecule has 1 unspecified atom stereocenters. The van der Waals surface area contributed by atoms with Crippen LogP contribution in [0.25, 0.3) is 0 Å². The summed E-state index contributed by atoms with van der Waals surface area (Å²) in [6.45, 7) is 7.71. The maximum Gasteiger partial charge on any atom is 0.303 e. The minimum Gasteiger partial charge on any atom is -0.481 e. The predicted octanol–water partition coefficient (Wildman–Crippen LogP) is 1.09. The highest BCUT2D eigenvalue weighted by atomic mass is 16.4. The third-order valence-electron chi connectivity index (χ3n) is 3.10. The lowest BCUT2D eigenvalue weighted by Gasteiger charge is -2.33. The molecule has 1 saturated heterocycles. The number of carboxylic acid groups (broad SMARTS) is 1. The molecule has 0 aliphatic carbocycles. The summed E-state index contributed by atoms with van der Waals surface area (Å²) in [5.74, 6) is -0.600. The van der Waals surface area contributed by atoms with Crippen molar-refractivity contribution in [3.05, 3.63) is 0 Å². The Hall–Kier alpha value is -1.10. The second-order valence-electron chi connectivity index (χ2n) is 6.05. The van der Waals surface area contributed by atoms with E-state index < -0.39 is 5.97 Å². The topological polar surface area (TPSA) is 69.6 Å². The highest BCUT2D eigenvalue weighted by Gasteiger charge is 2.25. The van der Waals surface area contributed by atoms with E-state index >= 15 is 0 Å². The fraction of sp³-hybridized carbons (Fsp3) is 0.846. The minimum atomic E-state index is -0.776. The lowest BCUT2D eigenvalue weighted by molar-refractivity contribution is -0.140. The molecule has 0 radical (unpaired) electrons. The number of rotatable bonds is 4. The normalized spacial score (nSPS) is 20.8. The average molecular weight is 256 g/mol. The van der Waals surface area contributed by atoms with Crippen LogP contribution < -0.4 is 5.32 Å². The summed E-state index contributed by atoms with van der Waals surface area (Å²) in [7, 11) is 0. The van der Waals surface area contributed by atoms with Gasteiger partial charge in [0.15, 0.2) is 0 Å². The molecule has 0 aromatic rings. The summed E-state index contributed by atoms with van der Waals surface area (Å²) in [6.07, 6.45) is 1.97. The number of hydrogen-bond donors (Lipinski definition) is 2. The first-order valence-corrected chi connectivity index (χ1v) is 6.52. The molecule has 1 rings (SSSR count). The molecule has 0 spiro atoms. The van der Waals surface area contributed by atoms with Crippen molar-refractivity contribution < 1.29 is 14.7 Å². The summed E-state index contributed by atoms with van der Waals surface area (Å²) in [6, 6.07) is 0. The fourth-order valence-electron chi connectivity index (χ4n) is 2.16. The minimum absolute atomic E-state index is 0.0695. The van der Waals surface area contributed by atoms with E-state index in [0.717, 1.165) is 19.4 Å². The molecule has 1 aliphatic heterocycles. The zero-order valence-electron chi connectivity index (χ0n) is 11.5. The Morgan fingerprint density at radius 3 is 2.61 bits per heavy atom. The van der Waals surface area contributed by atoms with Gasteiger partial charge in [0.2, 0.25) is 5.91 Å². The zero-order chi connectivity index (χ0) is 13.8. The first-order chi connectivity index (χ1) is 8.28. The molecule has 2 N–H and O–H groups in total. The van der Waals surface area contributed by atoms with Gasteiger partial charge >= 0.3 is 5.97 Å². The van der Waals surface area contributed by atoms with Crippen LogP contribution in [0.4, 0.5) is 0 Å². The predicted molar refractivity (Wildman–Crippen MR) is 69.3 cm³/mol. The van der Waals surface area contributed by atoms with Crippen LogP contribution in [0.2, 0.25) is 0 Å². The standard InChI is InChI=1S/C13H24N2O3/c1-13(2,3)14-8-11(16)15-6-4-5-10(9-15)7-12(17)18/h10,14H,4-9H2,1-3H3,(H,17,18). The van der Waals surface area contributed by atoms with Gasteiger partial charge in [-0.25, -0.2) is 0 Å². The van der Waals surface area contributed by atoms with Gasteiger partial charge in [-0.3, -0.25) is 9.59 Å². The van der Waals surface area contributed by atoms with Gasteiger partial charge in [0.1, 0.15) is 0 Å². The Kier molecular flexibility index (Phi) is 5.14. The number of likely N-dealkylation sites (tertiary alicyclic amines) is 1. The molecule has 1 atom stereocenters. The van der Waals surface area contributed by atoms with Gasteiger partial charge in [-0.15, -0.1) is 0 Å². The van der Waals surface area contributed by atoms with Crippen LogP contribution >= 0.6 is 0 Å². The molecule has 0 aromatic carbocycles. The molecule has 1 fully saturated rings. The molecule has 18 heavy (non-hydrogen) atoms. The van der Waals surface area contributed by atoms with Crippen molar-refractivity contribution >= 4 is 11.9 Å². The fourth-order valence-corrected chi connectivity index (χ4v) is 2.16. The monoisotopic (exact) mass is 256 g/mol.